The summed E-state index contributed by atoms with van der Waals surface area (Å²) in [6.07, 6.45) is 2.95. The van der Waals surface area contributed by atoms with Gasteiger partial charge in [-0.05, 0) is 42.1 Å². The first-order chi connectivity index (χ1) is 9.04. The zero-order valence-electron chi connectivity index (χ0n) is 12.1. The highest BCUT2D eigenvalue weighted by molar-refractivity contribution is 7.80. The van der Waals surface area contributed by atoms with Crippen LogP contribution < -0.4 is 10.7 Å². The smallest absolute Gasteiger partial charge is 0.191 e. The molecule has 0 aliphatic heterocycles. The minimum absolute atomic E-state index is 0.454. The molecule has 0 aliphatic rings. The number of rotatable bonds is 5. The molecule has 0 amide bonds. The molecule has 3 nitrogen and oxygen atoms in total. The number of anilines is 1. The van der Waals surface area contributed by atoms with Crippen LogP contribution in [0, 0.1) is 5.92 Å². The number of nitrogens with zero attached hydrogens (tertiary/aromatic N) is 1. The van der Waals surface area contributed by atoms with Crippen molar-refractivity contribution in [3.63, 3.8) is 0 Å². The van der Waals surface area contributed by atoms with Crippen LogP contribution in [0.2, 0.25) is 0 Å². The second-order valence-corrected chi connectivity index (χ2v) is 5.38. The average Bonchev–Trinajstić information content (AvgIpc) is 2.38. The van der Waals surface area contributed by atoms with Crippen LogP contribution >= 0.6 is 12.2 Å². The minimum atomic E-state index is 0.454. The van der Waals surface area contributed by atoms with Crippen LogP contribution in [0.4, 0.5) is 5.69 Å². The molecule has 0 aromatic heterocycles. The standard InChI is InChI=1S/C15H23N3S/c1-5-12(4)10-16-18-15(19)17-14-9-7-6-8-13(14)11(2)3/h6-12H,5H2,1-4H3,(H2,17,18,19)/b16-10+. The van der Waals surface area contributed by atoms with Crippen molar-refractivity contribution in [3.8, 4) is 0 Å². The Kier molecular flexibility index (Phi) is 6.50. The predicted octanol–water partition coefficient (Wildman–Crippen LogP) is 4.13. The van der Waals surface area contributed by atoms with Gasteiger partial charge in [-0.1, -0.05) is 45.9 Å². The fourth-order valence-electron chi connectivity index (χ4n) is 1.59. The zero-order chi connectivity index (χ0) is 14.3. The van der Waals surface area contributed by atoms with Crippen LogP contribution in [0.15, 0.2) is 29.4 Å². The summed E-state index contributed by atoms with van der Waals surface area (Å²) >= 11 is 5.23. The highest BCUT2D eigenvalue weighted by atomic mass is 32.1. The second kappa shape index (κ2) is 7.89. The zero-order valence-corrected chi connectivity index (χ0v) is 12.9. The van der Waals surface area contributed by atoms with Gasteiger partial charge in [-0.2, -0.15) is 5.10 Å². The maximum Gasteiger partial charge on any atom is 0.191 e. The van der Waals surface area contributed by atoms with E-state index in [0.29, 0.717) is 16.9 Å². The van der Waals surface area contributed by atoms with Gasteiger partial charge in [-0.25, -0.2) is 0 Å². The van der Waals surface area contributed by atoms with Crippen LogP contribution in [0.25, 0.3) is 0 Å². The predicted molar refractivity (Wildman–Crippen MR) is 87.8 cm³/mol. The molecule has 0 bridgehead atoms. The number of thiocarbonyl (C=S) groups is 1. The molecule has 1 aromatic carbocycles. The molecular weight excluding hydrogens is 254 g/mol. The normalized spacial score (nSPS) is 12.7. The first kappa shape index (κ1) is 15.6. The third-order valence-electron chi connectivity index (χ3n) is 2.97. The minimum Gasteiger partial charge on any atom is -0.331 e. The van der Waals surface area contributed by atoms with Crippen molar-refractivity contribution in [3.05, 3.63) is 29.8 Å². The van der Waals surface area contributed by atoms with Crippen molar-refractivity contribution in [1.82, 2.24) is 5.43 Å². The summed E-state index contributed by atoms with van der Waals surface area (Å²) < 4.78 is 0. The van der Waals surface area contributed by atoms with E-state index in [0.717, 1.165) is 12.1 Å². The molecule has 0 radical (unpaired) electrons. The number of hydrogen-bond acceptors (Lipinski definition) is 2. The van der Waals surface area contributed by atoms with Gasteiger partial charge in [0.25, 0.3) is 0 Å². The van der Waals surface area contributed by atoms with Gasteiger partial charge in [-0.3, -0.25) is 5.43 Å². The summed E-state index contributed by atoms with van der Waals surface area (Å²) in [7, 11) is 0. The third kappa shape index (κ3) is 5.39. The van der Waals surface area contributed by atoms with Gasteiger partial charge in [0, 0.05) is 11.9 Å². The maximum absolute atomic E-state index is 5.23. The van der Waals surface area contributed by atoms with Crippen LogP contribution in [0.3, 0.4) is 0 Å². The van der Waals surface area contributed by atoms with E-state index in [9.17, 15) is 0 Å². The molecule has 104 valence electrons. The molecule has 1 rings (SSSR count). The summed E-state index contributed by atoms with van der Waals surface area (Å²) in [5.74, 6) is 0.911. The highest BCUT2D eigenvalue weighted by Crippen LogP contribution is 2.23. The SMILES string of the molecule is CCC(C)/C=N/NC(=S)Nc1ccccc1C(C)C. The molecule has 0 aliphatic carbocycles. The van der Waals surface area contributed by atoms with Crippen molar-refractivity contribution in [2.24, 2.45) is 11.0 Å². The first-order valence-electron chi connectivity index (χ1n) is 6.73. The van der Waals surface area contributed by atoms with Crippen LogP contribution in [-0.4, -0.2) is 11.3 Å². The molecule has 2 N–H and O–H groups in total. The van der Waals surface area contributed by atoms with E-state index in [1.54, 1.807) is 0 Å². The fourth-order valence-corrected chi connectivity index (χ4v) is 1.76. The Labute approximate surface area is 121 Å². The number of benzene rings is 1. The molecule has 1 atom stereocenters. The molecule has 1 unspecified atom stereocenters. The van der Waals surface area contributed by atoms with Gasteiger partial charge >= 0.3 is 0 Å². The maximum atomic E-state index is 5.23. The lowest BCUT2D eigenvalue weighted by Crippen LogP contribution is -2.24. The van der Waals surface area contributed by atoms with E-state index >= 15 is 0 Å². The summed E-state index contributed by atoms with van der Waals surface area (Å²) in [4.78, 5) is 0. The summed E-state index contributed by atoms with van der Waals surface area (Å²) in [5.41, 5.74) is 5.14. The van der Waals surface area contributed by atoms with Gasteiger partial charge in [0.05, 0.1) is 0 Å². The van der Waals surface area contributed by atoms with Crippen LogP contribution in [-0.2, 0) is 0 Å². The molecule has 0 heterocycles. The number of hydrazone groups is 1. The van der Waals surface area contributed by atoms with Gasteiger partial charge in [0.2, 0.25) is 0 Å². The fraction of sp³-hybridized carbons (Fsp3) is 0.467. The Balaban J connectivity index is 2.60. The van der Waals surface area contributed by atoms with E-state index in [1.165, 1.54) is 5.56 Å². The number of nitrogens with one attached hydrogen (secondary N) is 2. The van der Waals surface area contributed by atoms with E-state index < -0.39 is 0 Å². The van der Waals surface area contributed by atoms with Gasteiger partial charge in [0.1, 0.15) is 0 Å². The monoisotopic (exact) mass is 277 g/mol. The molecule has 1 aromatic rings. The highest BCUT2D eigenvalue weighted by Gasteiger charge is 2.06. The van der Waals surface area contributed by atoms with Crippen LogP contribution in [0.1, 0.15) is 45.6 Å². The van der Waals surface area contributed by atoms with E-state index in [-0.39, 0.29) is 0 Å². The topological polar surface area (TPSA) is 36.4 Å². The van der Waals surface area contributed by atoms with Crippen molar-refractivity contribution in [1.29, 1.82) is 0 Å². The van der Waals surface area contributed by atoms with Crippen molar-refractivity contribution >= 4 is 29.2 Å². The molecule has 19 heavy (non-hydrogen) atoms. The van der Waals surface area contributed by atoms with Gasteiger partial charge < -0.3 is 5.32 Å². The second-order valence-electron chi connectivity index (χ2n) is 4.97. The Bertz CT molecular complexity index is 441. The van der Waals surface area contributed by atoms with Crippen molar-refractivity contribution < 1.29 is 0 Å². The Morgan fingerprint density at radius 1 is 1.32 bits per heavy atom. The quantitative estimate of drug-likeness (QED) is 0.483. The summed E-state index contributed by atoms with van der Waals surface area (Å²) in [6.45, 7) is 8.58. The lowest BCUT2D eigenvalue weighted by molar-refractivity contribution is 0.748. The summed E-state index contributed by atoms with van der Waals surface area (Å²) in [5, 5.41) is 7.85. The van der Waals surface area contributed by atoms with Gasteiger partial charge in [0.15, 0.2) is 5.11 Å². The Morgan fingerprint density at radius 2 is 2.00 bits per heavy atom. The molecular formula is C15H23N3S. The van der Waals surface area contributed by atoms with Crippen molar-refractivity contribution in [2.75, 3.05) is 5.32 Å². The molecule has 4 heteroatoms. The molecule has 0 fully saturated rings. The Morgan fingerprint density at radius 3 is 2.63 bits per heavy atom. The lowest BCUT2D eigenvalue weighted by Gasteiger charge is -2.14. The van der Waals surface area contributed by atoms with Gasteiger partial charge in [-0.15, -0.1) is 0 Å². The van der Waals surface area contributed by atoms with E-state index in [2.05, 4.69) is 49.6 Å². The van der Waals surface area contributed by atoms with E-state index in [1.807, 2.05) is 24.4 Å². The average molecular weight is 277 g/mol. The molecule has 0 saturated heterocycles. The molecule has 0 spiro atoms. The molecule has 0 saturated carbocycles. The summed E-state index contributed by atoms with van der Waals surface area (Å²) in [6, 6.07) is 8.18. The van der Waals surface area contributed by atoms with E-state index in [4.69, 9.17) is 12.2 Å². The first-order valence-corrected chi connectivity index (χ1v) is 7.14. The lowest BCUT2D eigenvalue weighted by atomic mass is 10.0. The van der Waals surface area contributed by atoms with Crippen molar-refractivity contribution in [2.45, 2.75) is 40.0 Å². The van der Waals surface area contributed by atoms with Crippen LogP contribution in [0.5, 0.6) is 0 Å². The number of hydrogen-bond donors (Lipinski definition) is 2. The number of para-hydroxylation sites is 1. The Hall–Kier alpha value is -1.42. The third-order valence-corrected chi connectivity index (χ3v) is 3.16. The largest absolute Gasteiger partial charge is 0.331 e.